The van der Waals surface area contributed by atoms with Gasteiger partial charge in [0.2, 0.25) is 16.0 Å². The van der Waals surface area contributed by atoms with E-state index in [1.165, 1.54) is 11.5 Å². The number of hydrogen-bond acceptors (Lipinski definition) is 10. The van der Waals surface area contributed by atoms with Crippen molar-refractivity contribution in [2.24, 2.45) is 0 Å². The Morgan fingerprint density at radius 3 is 2.56 bits per heavy atom. The fourth-order valence-corrected chi connectivity index (χ4v) is 6.09. The number of nitrogens with one attached hydrogen (secondary N) is 1. The first kappa shape index (κ1) is 22.8. The third-order valence-electron chi connectivity index (χ3n) is 6.15. The summed E-state index contributed by atoms with van der Waals surface area (Å²) >= 11 is 1.37. The van der Waals surface area contributed by atoms with Crippen molar-refractivity contribution >= 4 is 38.3 Å². The molecule has 2 aromatic rings. The van der Waals surface area contributed by atoms with Gasteiger partial charge in [0.15, 0.2) is 0 Å². The molecule has 0 saturated carbocycles. The van der Waals surface area contributed by atoms with Gasteiger partial charge in [0.05, 0.1) is 29.5 Å². The van der Waals surface area contributed by atoms with Crippen LogP contribution >= 0.6 is 11.5 Å². The van der Waals surface area contributed by atoms with Crippen molar-refractivity contribution in [3.05, 3.63) is 23.5 Å². The summed E-state index contributed by atoms with van der Waals surface area (Å²) < 4.78 is 30.2. The zero-order valence-electron chi connectivity index (χ0n) is 18.6. The Morgan fingerprint density at radius 2 is 1.97 bits per heavy atom. The van der Waals surface area contributed by atoms with Crippen LogP contribution in [-0.2, 0) is 10.0 Å². The van der Waals surface area contributed by atoms with E-state index in [2.05, 4.69) is 30.5 Å². The van der Waals surface area contributed by atoms with Crippen molar-refractivity contribution in [1.29, 1.82) is 5.26 Å². The summed E-state index contributed by atoms with van der Waals surface area (Å²) in [6.07, 6.45) is 2.20. The Bertz CT molecular complexity index is 1110. The molecule has 172 valence electrons. The highest BCUT2D eigenvalue weighted by Crippen LogP contribution is 2.36. The van der Waals surface area contributed by atoms with E-state index in [0.29, 0.717) is 51.6 Å². The normalized spacial score (nSPS) is 19.4. The second-order valence-corrected chi connectivity index (χ2v) is 11.4. The predicted molar refractivity (Wildman–Crippen MR) is 125 cm³/mol. The molecule has 4 heterocycles. The number of nitrogens with zero attached hydrogens (tertiary/aromatic N) is 7. The van der Waals surface area contributed by atoms with Crippen LogP contribution < -0.4 is 10.2 Å². The van der Waals surface area contributed by atoms with E-state index in [1.54, 1.807) is 17.4 Å². The summed E-state index contributed by atoms with van der Waals surface area (Å²) in [6, 6.07) is 4.29. The van der Waals surface area contributed by atoms with E-state index >= 15 is 0 Å². The minimum atomic E-state index is -3.18. The van der Waals surface area contributed by atoms with E-state index in [0.717, 1.165) is 22.1 Å². The number of piperazine rings is 1. The van der Waals surface area contributed by atoms with Gasteiger partial charge in [-0.25, -0.2) is 13.4 Å². The van der Waals surface area contributed by atoms with Crippen LogP contribution in [0.15, 0.2) is 12.3 Å². The molecular weight excluding hydrogens is 448 g/mol. The van der Waals surface area contributed by atoms with Gasteiger partial charge >= 0.3 is 0 Å². The second-order valence-electron chi connectivity index (χ2n) is 8.36. The summed E-state index contributed by atoms with van der Waals surface area (Å²) in [5.41, 5.74) is 1.64. The van der Waals surface area contributed by atoms with Crippen molar-refractivity contribution in [1.82, 2.24) is 23.5 Å². The van der Waals surface area contributed by atoms with Crippen molar-refractivity contribution in [2.75, 3.05) is 55.2 Å². The van der Waals surface area contributed by atoms with Gasteiger partial charge in [-0.3, -0.25) is 4.90 Å². The zero-order chi connectivity index (χ0) is 22.9. The van der Waals surface area contributed by atoms with Crippen molar-refractivity contribution < 1.29 is 8.42 Å². The van der Waals surface area contributed by atoms with Crippen molar-refractivity contribution in [3.63, 3.8) is 0 Å². The molecule has 0 atom stereocenters. The topological polar surface area (TPSA) is 118 Å². The average molecular weight is 477 g/mol. The molecule has 0 aromatic carbocycles. The summed E-state index contributed by atoms with van der Waals surface area (Å²) in [7, 11) is -3.18. The van der Waals surface area contributed by atoms with E-state index in [4.69, 9.17) is 4.98 Å². The molecule has 0 radical (unpaired) electrons. The van der Waals surface area contributed by atoms with Crippen molar-refractivity contribution in [2.45, 2.75) is 32.7 Å². The first-order chi connectivity index (χ1) is 15.3. The van der Waals surface area contributed by atoms with Gasteiger partial charge in [-0.05, 0) is 38.4 Å². The molecule has 12 heteroatoms. The third-order valence-corrected chi connectivity index (χ3v) is 8.83. The van der Waals surface area contributed by atoms with Gasteiger partial charge in [-0.1, -0.05) is 0 Å². The lowest BCUT2D eigenvalue weighted by Gasteiger charge is -2.57. The molecule has 2 aliphatic rings. The lowest BCUT2D eigenvalue weighted by atomic mass is 9.84. The van der Waals surface area contributed by atoms with Gasteiger partial charge in [-0.2, -0.15) is 18.9 Å². The average Bonchev–Trinajstić information content (AvgIpc) is 3.16. The van der Waals surface area contributed by atoms with Crippen LogP contribution in [0.25, 0.3) is 0 Å². The number of sulfonamides is 1. The Balaban J connectivity index is 1.45. The third kappa shape index (κ3) is 4.43. The number of aryl methyl sites for hydroxylation is 2. The summed E-state index contributed by atoms with van der Waals surface area (Å²) in [4.78, 5) is 13.6. The van der Waals surface area contributed by atoms with Crippen LogP contribution in [0.5, 0.6) is 0 Å². The Morgan fingerprint density at radius 1 is 1.25 bits per heavy atom. The Labute approximate surface area is 193 Å². The standard InChI is InChI=1S/C20H28N8O2S2/c1-4-32(29,30)28-9-7-27(8-10-28)20(5-6-21)13-26(14-20)18-15(2)12-22-19(24-18)23-17-11-16(3)25-31-17/h11-12H,4-5,7-10,13-14H2,1-3H3,(H,22,23,24). The van der Waals surface area contributed by atoms with E-state index < -0.39 is 10.0 Å². The molecule has 32 heavy (non-hydrogen) atoms. The minimum Gasteiger partial charge on any atom is -0.352 e. The summed E-state index contributed by atoms with van der Waals surface area (Å²) in [5, 5.41) is 13.6. The van der Waals surface area contributed by atoms with Crippen LogP contribution in [0.1, 0.15) is 24.6 Å². The number of anilines is 3. The molecule has 0 amide bonds. The molecule has 4 rings (SSSR count). The molecule has 2 aliphatic heterocycles. The van der Waals surface area contributed by atoms with Gasteiger partial charge in [0, 0.05) is 51.0 Å². The SMILES string of the molecule is CCS(=O)(=O)N1CCN(C2(CC#N)CN(c3nc(Nc4cc(C)ns4)ncc3C)C2)CC1. The fraction of sp³-hybridized carbons (Fsp3) is 0.600. The number of hydrogen-bond donors (Lipinski definition) is 1. The fourth-order valence-electron chi connectivity index (χ4n) is 4.35. The van der Waals surface area contributed by atoms with Crippen LogP contribution in [0, 0.1) is 25.2 Å². The maximum absolute atomic E-state index is 12.2. The Hall–Kier alpha value is -2.33. The maximum atomic E-state index is 12.2. The molecule has 10 nitrogen and oxygen atoms in total. The second kappa shape index (κ2) is 8.90. The monoisotopic (exact) mass is 476 g/mol. The summed E-state index contributed by atoms with van der Waals surface area (Å²) in [5.74, 6) is 1.49. The quantitative estimate of drug-likeness (QED) is 0.637. The van der Waals surface area contributed by atoms with Crippen LogP contribution in [0.4, 0.5) is 16.8 Å². The molecule has 0 unspecified atom stereocenters. The molecule has 2 aromatic heterocycles. The minimum absolute atomic E-state index is 0.120. The molecular formula is C20H28N8O2S2. The van der Waals surface area contributed by atoms with Crippen molar-refractivity contribution in [3.8, 4) is 6.07 Å². The molecule has 0 bridgehead atoms. The van der Waals surface area contributed by atoms with Crippen LogP contribution in [0.2, 0.25) is 0 Å². The van der Waals surface area contributed by atoms with Crippen LogP contribution in [-0.4, -0.2) is 82.5 Å². The van der Waals surface area contributed by atoms with Gasteiger partial charge in [0.1, 0.15) is 10.8 Å². The lowest BCUT2D eigenvalue weighted by Crippen LogP contribution is -2.73. The number of nitriles is 1. The lowest BCUT2D eigenvalue weighted by molar-refractivity contribution is 0.0334. The van der Waals surface area contributed by atoms with Gasteiger partial charge in [0.25, 0.3) is 0 Å². The zero-order valence-corrected chi connectivity index (χ0v) is 20.2. The number of aromatic nitrogens is 3. The number of rotatable bonds is 7. The molecule has 2 fully saturated rings. The van der Waals surface area contributed by atoms with Gasteiger partial charge < -0.3 is 10.2 Å². The van der Waals surface area contributed by atoms with E-state index in [1.807, 2.05) is 19.9 Å². The maximum Gasteiger partial charge on any atom is 0.229 e. The largest absolute Gasteiger partial charge is 0.352 e. The highest BCUT2D eigenvalue weighted by atomic mass is 32.2. The first-order valence-electron chi connectivity index (χ1n) is 10.6. The molecule has 0 spiro atoms. The highest BCUT2D eigenvalue weighted by molar-refractivity contribution is 7.89. The molecule has 0 aliphatic carbocycles. The predicted octanol–water partition coefficient (Wildman–Crippen LogP) is 1.73. The smallest absolute Gasteiger partial charge is 0.229 e. The van der Waals surface area contributed by atoms with E-state index in [-0.39, 0.29) is 11.3 Å². The van der Waals surface area contributed by atoms with Crippen LogP contribution in [0.3, 0.4) is 0 Å². The Kier molecular flexibility index (Phi) is 6.35. The molecule has 2 saturated heterocycles. The van der Waals surface area contributed by atoms with Gasteiger partial charge in [-0.15, -0.1) is 0 Å². The summed E-state index contributed by atoms with van der Waals surface area (Å²) in [6.45, 7) is 9.16. The first-order valence-corrected chi connectivity index (χ1v) is 13.0. The highest BCUT2D eigenvalue weighted by Gasteiger charge is 2.49. The van der Waals surface area contributed by atoms with E-state index in [9.17, 15) is 13.7 Å². The molecule has 1 N–H and O–H groups in total.